The summed E-state index contributed by atoms with van der Waals surface area (Å²) >= 11 is 0. The molecular weight excluding hydrogens is 200 g/mol. The first-order valence-corrected chi connectivity index (χ1v) is 5.61. The predicted molar refractivity (Wildman–Crippen MR) is 67.9 cm³/mol. The van der Waals surface area contributed by atoms with Crippen molar-refractivity contribution in [1.29, 1.82) is 0 Å². The Kier molecular flexibility index (Phi) is 4.35. The quantitative estimate of drug-likeness (QED) is 0.818. The molecule has 0 aliphatic heterocycles. The normalized spacial score (nSPS) is 10.3. The van der Waals surface area contributed by atoms with Crippen LogP contribution >= 0.6 is 0 Å². The maximum absolute atomic E-state index is 11.8. The third-order valence-electron chi connectivity index (χ3n) is 2.43. The molecule has 0 heterocycles. The van der Waals surface area contributed by atoms with Crippen LogP contribution in [0.4, 0.5) is 5.69 Å². The Hall–Kier alpha value is -1.51. The number of amides is 1. The van der Waals surface area contributed by atoms with Crippen molar-refractivity contribution in [2.45, 2.75) is 20.8 Å². The first-order chi connectivity index (χ1) is 7.54. The molecule has 0 fully saturated rings. The van der Waals surface area contributed by atoms with Crippen molar-refractivity contribution in [3.8, 4) is 0 Å². The average molecular weight is 220 g/mol. The van der Waals surface area contributed by atoms with Crippen LogP contribution in [0.15, 0.2) is 18.2 Å². The van der Waals surface area contributed by atoms with Crippen LogP contribution in [0.3, 0.4) is 0 Å². The summed E-state index contributed by atoms with van der Waals surface area (Å²) in [4.78, 5) is 11.8. The smallest absolute Gasteiger partial charge is 0.251 e. The van der Waals surface area contributed by atoms with E-state index in [0.29, 0.717) is 12.5 Å². The molecule has 0 unspecified atom stereocenters. The Morgan fingerprint density at radius 1 is 1.38 bits per heavy atom. The number of hydrogen-bond acceptors (Lipinski definition) is 2. The fourth-order valence-corrected chi connectivity index (χ4v) is 1.47. The second-order valence-electron chi connectivity index (χ2n) is 4.38. The lowest BCUT2D eigenvalue weighted by molar-refractivity contribution is 0.0948. The average Bonchev–Trinajstić information content (AvgIpc) is 2.25. The summed E-state index contributed by atoms with van der Waals surface area (Å²) in [7, 11) is 1.87. The van der Waals surface area contributed by atoms with E-state index in [0.717, 1.165) is 16.8 Å². The summed E-state index contributed by atoms with van der Waals surface area (Å²) in [5.74, 6) is 0.481. The lowest BCUT2D eigenvalue weighted by Crippen LogP contribution is -2.27. The highest BCUT2D eigenvalue weighted by Gasteiger charge is 2.09. The number of nitrogens with one attached hydrogen (secondary N) is 2. The van der Waals surface area contributed by atoms with Crippen molar-refractivity contribution < 1.29 is 4.79 Å². The van der Waals surface area contributed by atoms with Gasteiger partial charge in [-0.1, -0.05) is 13.8 Å². The molecule has 0 radical (unpaired) electrons. The van der Waals surface area contributed by atoms with Gasteiger partial charge in [-0.3, -0.25) is 4.79 Å². The molecule has 0 bridgehead atoms. The van der Waals surface area contributed by atoms with Crippen LogP contribution in [0, 0.1) is 12.8 Å². The SMILES string of the molecule is CNc1ccc(C(=O)NCC(C)C)c(C)c1. The van der Waals surface area contributed by atoms with Crippen LogP contribution in [0.25, 0.3) is 0 Å². The van der Waals surface area contributed by atoms with Gasteiger partial charge in [0.2, 0.25) is 0 Å². The third kappa shape index (κ3) is 3.26. The Morgan fingerprint density at radius 2 is 2.06 bits per heavy atom. The molecule has 1 amide bonds. The van der Waals surface area contributed by atoms with Gasteiger partial charge in [0.05, 0.1) is 0 Å². The zero-order chi connectivity index (χ0) is 12.1. The molecule has 16 heavy (non-hydrogen) atoms. The van der Waals surface area contributed by atoms with Crippen molar-refractivity contribution in [3.63, 3.8) is 0 Å². The highest BCUT2D eigenvalue weighted by atomic mass is 16.1. The van der Waals surface area contributed by atoms with E-state index < -0.39 is 0 Å². The van der Waals surface area contributed by atoms with Gasteiger partial charge in [0.25, 0.3) is 5.91 Å². The van der Waals surface area contributed by atoms with E-state index >= 15 is 0 Å². The molecule has 1 rings (SSSR count). The minimum atomic E-state index is 0.00820. The van der Waals surface area contributed by atoms with E-state index in [4.69, 9.17) is 0 Å². The molecule has 3 nitrogen and oxygen atoms in total. The molecule has 0 atom stereocenters. The van der Waals surface area contributed by atoms with E-state index in [1.807, 2.05) is 32.2 Å². The van der Waals surface area contributed by atoms with Gasteiger partial charge in [0, 0.05) is 24.8 Å². The van der Waals surface area contributed by atoms with Gasteiger partial charge in [0.1, 0.15) is 0 Å². The van der Waals surface area contributed by atoms with Crippen LogP contribution in [0.5, 0.6) is 0 Å². The minimum absolute atomic E-state index is 0.00820. The molecule has 0 aromatic heterocycles. The molecule has 88 valence electrons. The standard InChI is InChI=1S/C13H20N2O/c1-9(2)8-15-13(16)12-6-5-11(14-4)7-10(12)3/h5-7,9,14H,8H2,1-4H3,(H,15,16). The molecule has 0 saturated carbocycles. The van der Waals surface area contributed by atoms with Crippen LogP contribution in [-0.2, 0) is 0 Å². The van der Waals surface area contributed by atoms with E-state index in [-0.39, 0.29) is 5.91 Å². The van der Waals surface area contributed by atoms with E-state index in [1.54, 1.807) is 0 Å². The molecule has 0 spiro atoms. The molecule has 1 aromatic rings. The number of anilines is 1. The van der Waals surface area contributed by atoms with Gasteiger partial charge in [-0.05, 0) is 36.6 Å². The number of carbonyl (C=O) groups is 1. The molecular formula is C13H20N2O. The maximum atomic E-state index is 11.8. The van der Waals surface area contributed by atoms with Crippen LogP contribution in [0.1, 0.15) is 29.8 Å². The molecule has 2 N–H and O–H groups in total. The fourth-order valence-electron chi connectivity index (χ4n) is 1.47. The fraction of sp³-hybridized carbons (Fsp3) is 0.462. The molecule has 0 saturated heterocycles. The molecule has 0 aliphatic carbocycles. The Balaban J connectivity index is 2.76. The van der Waals surface area contributed by atoms with Gasteiger partial charge in [0.15, 0.2) is 0 Å². The highest BCUT2D eigenvalue weighted by molar-refractivity contribution is 5.96. The lowest BCUT2D eigenvalue weighted by Gasteiger charge is -2.10. The number of hydrogen-bond donors (Lipinski definition) is 2. The first-order valence-electron chi connectivity index (χ1n) is 5.61. The lowest BCUT2D eigenvalue weighted by atomic mass is 10.1. The summed E-state index contributed by atoms with van der Waals surface area (Å²) in [6, 6.07) is 5.75. The Morgan fingerprint density at radius 3 is 2.56 bits per heavy atom. The second-order valence-corrected chi connectivity index (χ2v) is 4.38. The highest BCUT2D eigenvalue weighted by Crippen LogP contribution is 2.14. The predicted octanol–water partition coefficient (Wildman–Crippen LogP) is 2.42. The van der Waals surface area contributed by atoms with Crippen LogP contribution in [0.2, 0.25) is 0 Å². The third-order valence-corrected chi connectivity index (χ3v) is 2.43. The van der Waals surface area contributed by atoms with Crippen molar-refractivity contribution >= 4 is 11.6 Å². The van der Waals surface area contributed by atoms with Gasteiger partial charge in [-0.25, -0.2) is 0 Å². The Labute approximate surface area is 97.2 Å². The maximum Gasteiger partial charge on any atom is 0.251 e. The second kappa shape index (κ2) is 5.54. The zero-order valence-electron chi connectivity index (χ0n) is 10.4. The summed E-state index contributed by atoms with van der Waals surface area (Å²) in [5, 5.41) is 5.97. The largest absolute Gasteiger partial charge is 0.388 e. The van der Waals surface area contributed by atoms with E-state index in [9.17, 15) is 4.79 Å². The van der Waals surface area contributed by atoms with Gasteiger partial charge >= 0.3 is 0 Å². The number of rotatable bonds is 4. The minimum Gasteiger partial charge on any atom is -0.388 e. The van der Waals surface area contributed by atoms with Crippen LogP contribution in [-0.4, -0.2) is 19.5 Å². The van der Waals surface area contributed by atoms with Crippen molar-refractivity contribution in [2.24, 2.45) is 5.92 Å². The number of carbonyl (C=O) groups excluding carboxylic acids is 1. The van der Waals surface area contributed by atoms with Crippen LogP contribution < -0.4 is 10.6 Å². The summed E-state index contributed by atoms with van der Waals surface area (Å²) in [5.41, 5.74) is 2.77. The molecule has 0 aliphatic rings. The Bertz CT molecular complexity index is 372. The van der Waals surface area contributed by atoms with E-state index in [2.05, 4.69) is 24.5 Å². The van der Waals surface area contributed by atoms with Gasteiger partial charge in [-0.15, -0.1) is 0 Å². The number of benzene rings is 1. The molecule has 1 aromatic carbocycles. The topological polar surface area (TPSA) is 41.1 Å². The zero-order valence-corrected chi connectivity index (χ0v) is 10.4. The summed E-state index contributed by atoms with van der Waals surface area (Å²) in [6.45, 7) is 6.83. The summed E-state index contributed by atoms with van der Waals surface area (Å²) < 4.78 is 0. The monoisotopic (exact) mass is 220 g/mol. The molecule has 3 heteroatoms. The van der Waals surface area contributed by atoms with Gasteiger partial charge < -0.3 is 10.6 Å². The van der Waals surface area contributed by atoms with Crippen molar-refractivity contribution in [1.82, 2.24) is 5.32 Å². The van der Waals surface area contributed by atoms with Gasteiger partial charge in [-0.2, -0.15) is 0 Å². The van der Waals surface area contributed by atoms with Crippen molar-refractivity contribution in [3.05, 3.63) is 29.3 Å². The van der Waals surface area contributed by atoms with E-state index in [1.165, 1.54) is 0 Å². The van der Waals surface area contributed by atoms with Crippen molar-refractivity contribution in [2.75, 3.05) is 18.9 Å². The first kappa shape index (κ1) is 12.6. The summed E-state index contributed by atoms with van der Waals surface area (Å²) in [6.07, 6.45) is 0. The number of aryl methyl sites for hydroxylation is 1.